The third-order valence-corrected chi connectivity index (χ3v) is 3.41. The van der Waals surface area contributed by atoms with Crippen LogP contribution in [0.3, 0.4) is 0 Å². The zero-order chi connectivity index (χ0) is 13.4. The van der Waals surface area contributed by atoms with Crippen molar-refractivity contribution in [2.24, 2.45) is 5.73 Å². The van der Waals surface area contributed by atoms with Gasteiger partial charge >= 0.3 is 0 Å². The summed E-state index contributed by atoms with van der Waals surface area (Å²) in [4.78, 5) is 13.3. The van der Waals surface area contributed by atoms with E-state index in [1.807, 2.05) is 18.2 Å². The molecule has 1 aromatic heterocycles. The first-order chi connectivity index (χ1) is 9.19. The number of aromatic nitrogens is 1. The van der Waals surface area contributed by atoms with Crippen LogP contribution >= 0.6 is 0 Å². The molecule has 5 nitrogen and oxygen atoms in total. The van der Waals surface area contributed by atoms with E-state index in [0.717, 1.165) is 29.9 Å². The molecule has 3 rings (SSSR count). The number of carbonyl (C=O) groups is 1. The third-order valence-electron chi connectivity index (χ3n) is 3.41. The second-order valence-corrected chi connectivity index (χ2v) is 4.65. The third kappa shape index (κ3) is 2.02. The van der Waals surface area contributed by atoms with Crippen molar-refractivity contribution in [3.05, 3.63) is 35.6 Å². The van der Waals surface area contributed by atoms with E-state index in [1.54, 1.807) is 11.8 Å². The van der Waals surface area contributed by atoms with Gasteiger partial charge in [0.25, 0.3) is 0 Å². The van der Waals surface area contributed by atoms with Crippen molar-refractivity contribution in [1.29, 1.82) is 0 Å². The van der Waals surface area contributed by atoms with Crippen LogP contribution < -0.4 is 10.6 Å². The molecule has 5 heteroatoms. The van der Waals surface area contributed by atoms with Crippen molar-refractivity contribution >= 4 is 11.6 Å². The molecule has 0 aliphatic carbocycles. The lowest BCUT2D eigenvalue weighted by Crippen LogP contribution is -2.25. The molecule has 1 aromatic carbocycles. The van der Waals surface area contributed by atoms with Gasteiger partial charge in [-0.15, -0.1) is 0 Å². The van der Waals surface area contributed by atoms with E-state index < -0.39 is 0 Å². The monoisotopic (exact) mass is 257 g/mol. The van der Waals surface area contributed by atoms with E-state index in [2.05, 4.69) is 11.2 Å². The number of hydrogen-bond acceptors (Lipinski definition) is 4. The van der Waals surface area contributed by atoms with E-state index in [1.165, 1.54) is 5.56 Å². The molecule has 1 amide bonds. The summed E-state index contributed by atoms with van der Waals surface area (Å²) in [5.41, 5.74) is 9.45. The van der Waals surface area contributed by atoms with E-state index in [4.69, 9.17) is 10.3 Å². The van der Waals surface area contributed by atoms with Gasteiger partial charge in [0.1, 0.15) is 5.69 Å². The number of anilines is 1. The number of nitrogens with zero attached hydrogens (tertiary/aromatic N) is 2. The molecule has 1 aliphatic heterocycles. The Labute approximate surface area is 111 Å². The van der Waals surface area contributed by atoms with Gasteiger partial charge in [0.05, 0.1) is 6.54 Å². The predicted molar refractivity (Wildman–Crippen MR) is 71.6 cm³/mol. The minimum atomic E-state index is 0.0818. The number of nitrogens with two attached hydrogens (primary N) is 1. The van der Waals surface area contributed by atoms with Gasteiger partial charge in [0.2, 0.25) is 5.91 Å². The quantitative estimate of drug-likeness (QED) is 0.889. The topological polar surface area (TPSA) is 72.4 Å². The summed E-state index contributed by atoms with van der Waals surface area (Å²) < 4.78 is 5.11. The van der Waals surface area contributed by atoms with Gasteiger partial charge in [-0.05, 0) is 24.1 Å². The number of benzene rings is 1. The van der Waals surface area contributed by atoms with E-state index >= 15 is 0 Å². The fourth-order valence-corrected chi connectivity index (χ4v) is 2.43. The van der Waals surface area contributed by atoms with Crippen LogP contribution in [0.25, 0.3) is 11.3 Å². The van der Waals surface area contributed by atoms with Crippen molar-refractivity contribution in [1.82, 2.24) is 5.16 Å². The first kappa shape index (κ1) is 11.9. The maximum Gasteiger partial charge on any atom is 0.223 e. The van der Waals surface area contributed by atoms with Gasteiger partial charge in [0, 0.05) is 30.8 Å². The van der Waals surface area contributed by atoms with Gasteiger partial charge in [-0.2, -0.15) is 0 Å². The Balaban J connectivity index is 1.96. The SMILES string of the molecule is CC(=O)N1CCc2cc(-c3cc(CN)on3)ccc21. The lowest BCUT2D eigenvalue weighted by molar-refractivity contribution is -0.116. The summed E-state index contributed by atoms with van der Waals surface area (Å²) in [6.07, 6.45) is 0.879. The molecular weight excluding hydrogens is 242 g/mol. The molecule has 0 atom stereocenters. The highest BCUT2D eigenvalue weighted by Gasteiger charge is 2.22. The summed E-state index contributed by atoms with van der Waals surface area (Å²) in [5.74, 6) is 0.749. The fraction of sp³-hybridized carbons (Fsp3) is 0.286. The second-order valence-electron chi connectivity index (χ2n) is 4.65. The van der Waals surface area contributed by atoms with E-state index in [-0.39, 0.29) is 5.91 Å². The molecular formula is C14H15N3O2. The Bertz CT molecular complexity index is 633. The van der Waals surface area contributed by atoms with Crippen LogP contribution in [0.5, 0.6) is 0 Å². The molecule has 0 saturated heterocycles. The molecule has 0 bridgehead atoms. The van der Waals surface area contributed by atoms with Crippen LogP contribution in [0.15, 0.2) is 28.8 Å². The minimum absolute atomic E-state index is 0.0818. The largest absolute Gasteiger partial charge is 0.359 e. The molecule has 19 heavy (non-hydrogen) atoms. The van der Waals surface area contributed by atoms with Gasteiger partial charge < -0.3 is 15.2 Å². The molecule has 2 N–H and O–H groups in total. The fourth-order valence-electron chi connectivity index (χ4n) is 2.43. The number of rotatable bonds is 2. The van der Waals surface area contributed by atoms with Crippen LogP contribution in [0, 0.1) is 0 Å². The number of fused-ring (bicyclic) bond motifs is 1. The van der Waals surface area contributed by atoms with Crippen molar-refractivity contribution in [2.75, 3.05) is 11.4 Å². The molecule has 98 valence electrons. The first-order valence-corrected chi connectivity index (χ1v) is 6.26. The summed E-state index contributed by atoms with van der Waals surface area (Å²) >= 11 is 0. The Kier molecular flexibility index (Phi) is 2.83. The van der Waals surface area contributed by atoms with Crippen LogP contribution in [-0.2, 0) is 17.8 Å². The molecule has 2 heterocycles. The van der Waals surface area contributed by atoms with Gasteiger partial charge in [0.15, 0.2) is 5.76 Å². The normalized spacial score (nSPS) is 13.7. The first-order valence-electron chi connectivity index (χ1n) is 6.26. The number of carbonyl (C=O) groups excluding carboxylic acids is 1. The molecule has 0 unspecified atom stereocenters. The highest BCUT2D eigenvalue weighted by atomic mass is 16.5. The summed E-state index contributed by atoms with van der Waals surface area (Å²) in [5, 5.41) is 4.00. The smallest absolute Gasteiger partial charge is 0.223 e. The van der Waals surface area contributed by atoms with Crippen LogP contribution in [0.1, 0.15) is 18.2 Å². The summed E-state index contributed by atoms with van der Waals surface area (Å²) in [7, 11) is 0. The predicted octanol–water partition coefficient (Wildman–Crippen LogP) is 1.71. The maximum atomic E-state index is 11.5. The van der Waals surface area contributed by atoms with Gasteiger partial charge in [-0.25, -0.2) is 0 Å². The number of amides is 1. The number of hydrogen-bond donors (Lipinski definition) is 1. The van der Waals surface area contributed by atoms with Gasteiger partial charge in [-0.3, -0.25) is 4.79 Å². The van der Waals surface area contributed by atoms with E-state index in [9.17, 15) is 4.79 Å². The van der Waals surface area contributed by atoms with Gasteiger partial charge in [-0.1, -0.05) is 11.2 Å². The zero-order valence-corrected chi connectivity index (χ0v) is 10.7. The maximum absolute atomic E-state index is 11.5. The van der Waals surface area contributed by atoms with Crippen LogP contribution in [-0.4, -0.2) is 17.6 Å². The highest BCUT2D eigenvalue weighted by molar-refractivity contribution is 5.94. The van der Waals surface area contributed by atoms with Crippen molar-refractivity contribution in [3.63, 3.8) is 0 Å². The zero-order valence-electron chi connectivity index (χ0n) is 10.7. The standard InChI is InChI=1S/C14H15N3O2/c1-9(18)17-5-4-11-6-10(2-3-14(11)17)13-7-12(8-15)19-16-13/h2-3,6-7H,4-5,8,15H2,1H3. The average Bonchev–Trinajstić information content (AvgIpc) is 3.04. The Morgan fingerprint density at radius 1 is 1.47 bits per heavy atom. The summed E-state index contributed by atoms with van der Waals surface area (Å²) in [6, 6.07) is 7.84. The summed E-state index contributed by atoms with van der Waals surface area (Å²) in [6.45, 7) is 2.69. The van der Waals surface area contributed by atoms with Crippen LogP contribution in [0.2, 0.25) is 0 Å². The molecule has 0 radical (unpaired) electrons. The van der Waals surface area contributed by atoms with Crippen LogP contribution in [0.4, 0.5) is 5.69 Å². The van der Waals surface area contributed by atoms with E-state index in [0.29, 0.717) is 12.3 Å². The average molecular weight is 257 g/mol. The van der Waals surface area contributed by atoms with Crippen molar-refractivity contribution < 1.29 is 9.32 Å². The lowest BCUT2D eigenvalue weighted by Gasteiger charge is -2.14. The molecule has 0 spiro atoms. The Hall–Kier alpha value is -2.14. The van der Waals surface area contributed by atoms with Crippen molar-refractivity contribution in [3.8, 4) is 11.3 Å². The Morgan fingerprint density at radius 3 is 3.00 bits per heavy atom. The van der Waals surface area contributed by atoms with Crippen molar-refractivity contribution in [2.45, 2.75) is 19.9 Å². The molecule has 2 aromatic rings. The second kappa shape index (κ2) is 4.51. The molecule has 1 aliphatic rings. The lowest BCUT2D eigenvalue weighted by atomic mass is 10.1. The highest BCUT2D eigenvalue weighted by Crippen LogP contribution is 2.32. The molecule has 0 fully saturated rings. The minimum Gasteiger partial charge on any atom is -0.359 e. The molecule has 0 saturated carbocycles. The Morgan fingerprint density at radius 2 is 2.32 bits per heavy atom.